The van der Waals surface area contributed by atoms with Crippen LogP contribution >= 0.6 is 11.8 Å². The number of carbonyl (C=O) groups excluding carboxylic acids is 2. The molecule has 4 rings (SSSR count). The lowest BCUT2D eigenvalue weighted by atomic mass is 10.2. The summed E-state index contributed by atoms with van der Waals surface area (Å²) >= 11 is 1.21. The second-order valence-electron chi connectivity index (χ2n) is 7.29. The average molecular weight is 424 g/mol. The number of halogens is 1. The van der Waals surface area contributed by atoms with Gasteiger partial charge in [0.25, 0.3) is 5.91 Å². The molecule has 1 aliphatic heterocycles. The molecule has 1 fully saturated rings. The number of thioether (sulfide) groups is 1. The standard InChI is InChI=1S/C23H22FN3O2S/c24-17-10-12-19(13-11-17)27-22(29)20(14-16-6-2-1-3-7-16)26-23(27)30-15-21(28)25-18-8-4-5-9-18/h1-3,6-7,10-14,18H,4-5,8-9,15H2,(H,25,28)/b20-14+. The molecule has 30 heavy (non-hydrogen) atoms. The summed E-state index contributed by atoms with van der Waals surface area (Å²) in [4.78, 5) is 31.3. The molecule has 5 nitrogen and oxygen atoms in total. The van der Waals surface area contributed by atoms with Crippen LogP contribution in [-0.4, -0.2) is 28.8 Å². The molecule has 0 bridgehead atoms. The van der Waals surface area contributed by atoms with E-state index in [4.69, 9.17) is 0 Å². The molecule has 154 valence electrons. The van der Waals surface area contributed by atoms with Crippen LogP contribution in [0.25, 0.3) is 6.08 Å². The zero-order valence-electron chi connectivity index (χ0n) is 16.4. The van der Waals surface area contributed by atoms with Crippen LogP contribution in [0, 0.1) is 5.82 Å². The molecule has 0 saturated heterocycles. The Morgan fingerprint density at radius 2 is 1.83 bits per heavy atom. The topological polar surface area (TPSA) is 61.8 Å². The summed E-state index contributed by atoms with van der Waals surface area (Å²) in [7, 11) is 0. The van der Waals surface area contributed by atoms with Gasteiger partial charge in [0.1, 0.15) is 11.5 Å². The van der Waals surface area contributed by atoms with E-state index in [0.29, 0.717) is 10.9 Å². The predicted molar refractivity (Wildman–Crippen MR) is 119 cm³/mol. The van der Waals surface area contributed by atoms with Crippen LogP contribution in [0.3, 0.4) is 0 Å². The summed E-state index contributed by atoms with van der Waals surface area (Å²) in [6.45, 7) is 0. The molecule has 2 aromatic rings. The minimum absolute atomic E-state index is 0.0680. The quantitative estimate of drug-likeness (QED) is 0.727. The third kappa shape index (κ3) is 4.79. The normalized spacial score (nSPS) is 18.2. The Labute approximate surface area is 179 Å². The Kier molecular flexibility index (Phi) is 6.28. The zero-order chi connectivity index (χ0) is 20.9. The number of nitrogens with one attached hydrogen (secondary N) is 1. The highest BCUT2D eigenvalue weighted by molar-refractivity contribution is 8.14. The predicted octanol–water partition coefficient (Wildman–Crippen LogP) is 4.36. The van der Waals surface area contributed by atoms with Crippen molar-refractivity contribution in [3.8, 4) is 0 Å². The highest BCUT2D eigenvalue weighted by atomic mass is 32.2. The molecule has 0 spiro atoms. The number of rotatable bonds is 5. The highest BCUT2D eigenvalue weighted by Crippen LogP contribution is 2.29. The van der Waals surface area contributed by atoms with Gasteiger partial charge in [-0.1, -0.05) is 54.9 Å². The molecule has 1 heterocycles. The summed E-state index contributed by atoms with van der Waals surface area (Å²) < 4.78 is 13.4. The van der Waals surface area contributed by atoms with Gasteiger partial charge in [-0.15, -0.1) is 0 Å². The second-order valence-corrected chi connectivity index (χ2v) is 8.23. The van der Waals surface area contributed by atoms with Crippen molar-refractivity contribution >= 4 is 40.5 Å². The number of amides is 2. The van der Waals surface area contributed by atoms with Crippen LogP contribution in [0.5, 0.6) is 0 Å². The van der Waals surface area contributed by atoms with Crippen LogP contribution in [0.4, 0.5) is 10.1 Å². The maximum Gasteiger partial charge on any atom is 0.283 e. The second kappa shape index (κ2) is 9.26. The number of hydrogen-bond donors (Lipinski definition) is 1. The van der Waals surface area contributed by atoms with Crippen molar-refractivity contribution in [2.75, 3.05) is 10.7 Å². The summed E-state index contributed by atoms with van der Waals surface area (Å²) in [5.41, 5.74) is 1.65. The van der Waals surface area contributed by atoms with Crippen molar-refractivity contribution < 1.29 is 14.0 Å². The number of benzene rings is 2. The largest absolute Gasteiger partial charge is 0.353 e. The number of amidine groups is 1. The Morgan fingerprint density at radius 3 is 2.53 bits per heavy atom. The summed E-state index contributed by atoms with van der Waals surface area (Å²) in [6.07, 6.45) is 6.03. The van der Waals surface area contributed by atoms with E-state index in [1.807, 2.05) is 30.3 Å². The van der Waals surface area contributed by atoms with E-state index in [2.05, 4.69) is 10.3 Å². The van der Waals surface area contributed by atoms with E-state index in [9.17, 15) is 14.0 Å². The molecular weight excluding hydrogens is 401 g/mol. The molecule has 0 unspecified atom stereocenters. The molecule has 2 aliphatic rings. The molecule has 1 aliphatic carbocycles. The first kappa shape index (κ1) is 20.3. The van der Waals surface area contributed by atoms with E-state index in [-0.39, 0.29) is 35.1 Å². The third-order valence-corrected chi connectivity index (χ3v) is 6.01. The van der Waals surface area contributed by atoms with E-state index < -0.39 is 0 Å². The van der Waals surface area contributed by atoms with Gasteiger partial charge >= 0.3 is 0 Å². The zero-order valence-corrected chi connectivity index (χ0v) is 17.2. The number of anilines is 1. The van der Waals surface area contributed by atoms with Crippen LogP contribution in [-0.2, 0) is 9.59 Å². The lowest BCUT2D eigenvalue weighted by molar-refractivity contribution is -0.119. The van der Waals surface area contributed by atoms with Gasteiger partial charge < -0.3 is 5.32 Å². The smallest absolute Gasteiger partial charge is 0.283 e. The maximum atomic E-state index is 13.4. The third-order valence-electron chi connectivity index (χ3n) is 5.07. The van der Waals surface area contributed by atoms with Crippen LogP contribution in [0.15, 0.2) is 65.3 Å². The first-order chi connectivity index (χ1) is 14.6. The molecule has 0 aromatic heterocycles. The minimum Gasteiger partial charge on any atom is -0.353 e. The lowest BCUT2D eigenvalue weighted by Gasteiger charge is -2.18. The van der Waals surface area contributed by atoms with Gasteiger partial charge in [-0.2, -0.15) is 0 Å². The van der Waals surface area contributed by atoms with Crippen molar-refractivity contribution in [3.63, 3.8) is 0 Å². The lowest BCUT2D eigenvalue weighted by Crippen LogP contribution is -2.35. The maximum absolute atomic E-state index is 13.4. The number of hydrogen-bond acceptors (Lipinski definition) is 4. The Hall–Kier alpha value is -2.93. The average Bonchev–Trinajstić information content (AvgIpc) is 3.36. The number of nitrogens with zero attached hydrogens (tertiary/aromatic N) is 2. The van der Waals surface area contributed by atoms with Crippen LogP contribution < -0.4 is 10.2 Å². The van der Waals surface area contributed by atoms with E-state index in [1.54, 1.807) is 6.08 Å². The van der Waals surface area contributed by atoms with Gasteiger partial charge in [-0.3, -0.25) is 14.5 Å². The first-order valence-electron chi connectivity index (χ1n) is 9.98. The van der Waals surface area contributed by atoms with Gasteiger partial charge in [0, 0.05) is 6.04 Å². The summed E-state index contributed by atoms with van der Waals surface area (Å²) in [6, 6.07) is 15.4. The van der Waals surface area contributed by atoms with Crippen LogP contribution in [0.2, 0.25) is 0 Å². The molecule has 1 N–H and O–H groups in total. The van der Waals surface area contributed by atoms with Crippen LogP contribution in [0.1, 0.15) is 31.2 Å². The Balaban J connectivity index is 1.55. The number of carbonyl (C=O) groups is 2. The highest BCUT2D eigenvalue weighted by Gasteiger charge is 2.32. The van der Waals surface area contributed by atoms with E-state index in [0.717, 1.165) is 31.2 Å². The molecule has 1 saturated carbocycles. The summed E-state index contributed by atoms with van der Waals surface area (Å²) in [5.74, 6) is -0.586. The fourth-order valence-electron chi connectivity index (χ4n) is 3.59. The number of aliphatic imine (C=N–C) groups is 1. The molecule has 0 radical (unpaired) electrons. The van der Waals surface area contributed by atoms with Crippen molar-refractivity contribution in [1.82, 2.24) is 5.32 Å². The minimum atomic E-state index is -0.382. The molecule has 0 atom stereocenters. The van der Waals surface area contributed by atoms with Crippen molar-refractivity contribution in [3.05, 3.63) is 71.7 Å². The van der Waals surface area contributed by atoms with Crippen molar-refractivity contribution in [2.24, 2.45) is 4.99 Å². The Morgan fingerprint density at radius 1 is 1.13 bits per heavy atom. The fourth-order valence-corrected chi connectivity index (χ4v) is 4.41. The Bertz CT molecular complexity index is 983. The molecular formula is C23H22FN3O2S. The SMILES string of the molecule is O=C(CSC1=N/C(=C/c2ccccc2)C(=O)N1c1ccc(F)cc1)NC1CCCC1. The fraction of sp³-hybridized carbons (Fsp3) is 0.261. The van der Waals surface area contributed by atoms with Gasteiger partial charge in [0.2, 0.25) is 5.91 Å². The van der Waals surface area contributed by atoms with E-state index in [1.165, 1.54) is 40.9 Å². The first-order valence-corrected chi connectivity index (χ1v) is 11.0. The van der Waals surface area contributed by atoms with Crippen molar-refractivity contribution in [2.45, 2.75) is 31.7 Å². The molecule has 2 aromatic carbocycles. The monoisotopic (exact) mass is 423 g/mol. The van der Waals surface area contributed by atoms with Gasteiger partial charge in [0.15, 0.2) is 5.17 Å². The van der Waals surface area contributed by atoms with Crippen molar-refractivity contribution in [1.29, 1.82) is 0 Å². The molecule has 7 heteroatoms. The van der Waals surface area contributed by atoms with Gasteiger partial charge in [0.05, 0.1) is 11.4 Å². The summed E-state index contributed by atoms with van der Waals surface area (Å²) in [5, 5.41) is 3.46. The van der Waals surface area contributed by atoms with Gasteiger partial charge in [-0.05, 0) is 48.7 Å². The van der Waals surface area contributed by atoms with E-state index >= 15 is 0 Å². The molecule has 2 amide bonds. The van der Waals surface area contributed by atoms with Gasteiger partial charge in [-0.25, -0.2) is 9.38 Å².